The zero-order valence-corrected chi connectivity index (χ0v) is 22.3. The fraction of sp³-hybridized carbons (Fsp3) is 0.207. The molecule has 0 saturated carbocycles. The SMILES string of the molecule is COc1c(O)c2c(=O)cc(OC)c3c4c(OC)cc(=O)c5c(O)c(NN)c6c(c(c1C(/C(C)=N/N)C(C)=C6)c23)c54. The molecule has 40 heavy (non-hydrogen) atoms. The molecule has 0 aromatic heterocycles. The smallest absolute Gasteiger partial charge is 0.194 e. The van der Waals surface area contributed by atoms with Gasteiger partial charge < -0.3 is 35.7 Å². The molecule has 11 heteroatoms. The molecule has 0 saturated heterocycles. The average molecular weight is 543 g/mol. The van der Waals surface area contributed by atoms with E-state index in [2.05, 4.69) is 10.5 Å². The van der Waals surface area contributed by atoms with Crippen molar-refractivity contribution in [3.8, 4) is 28.7 Å². The minimum Gasteiger partial charge on any atom is -0.505 e. The number of nitrogens with two attached hydrogens (primary N) is 2. The Morgan fingerprint density at radius 3 is 1.90 bits per heavy atom. The van der Waals surface area contributed by atoms with Gasteiger partial charge in [-0.3, -0.25) is 15.4 Å². The summed E-state index contributed by atoms with van der Waals surface area (Å²) in [6.07, 6.45) is 1.81. The van der Waals surface area contributed by atoms with Crippen molar-refractivity contribution >= 4 is 60.6 Å². The maximum atomic E-state index is 13.6. The molecule has 6 rings (SSSR count). The lowest BCUT2D eigenvalue weighted by molar-refractivity contribution is 0.373. The number of ether oxygens (including phenoxy) is 3. The first-order valence-electron chi connectivity index (χ1n) is 12.3. The molecule has 0 radical (unpaired) electrons. The lowest BCUT2D eigenvalue weighted by Gasteiger charge is -2.26. The van der Waals surface area contributed by atoms with Crippen molar-refractivity contribution in [3.05, 3.63) is 49.3 Å². The highest BCUT2D eigenvalue weighted by molar-refractivity contribution is 6.40. The van der Waals surface area contributed by atoms with Gasteiger partial charge in [-0.1, -0.05) is 11.6 Å². The number of nitrogens with one attached hydrogen (secondary N) is 1. The average Bonchev–Trinajstić information content (AvgIpc) is 3.06. The van der Waals surface area contributed by atoms with Crippen molar-refractivity contribution in [2.24, 2.45) is 16.8 Å². The second-order valence-corrected chi connectivity index (χ2v) is 9.82. The predicted molar refractivity (Wildman–Crippen MR) is 156 cm³/mol. The maximum Gasteiger partial charge on any atom is 0.194 e. The van der Waals surface area contributed by atoms with Crippen molar-refractivity contribution in [2.75, 3.05) is 26.8 Å². The van der Waals surface area contributed by atoms with E-state index in [0.29, 0.717) is 49.2 Å². The molecule has 0 aliphatic heterocycles. The number of anilines is 1. The Morgan fingerprint density at radius 2 is 1.40 bits per heavy atom. The van der Waals surface area contributed by atoms with Crippen LogP contribution in [-0.2, 0) is 0 Å². The van der Waals surface area contributed by atoms with Crippen molar-refractivity contribution in [1.29, 1.82) is 0 Å². The normalized spacial score (nSPS) is 15.3. The molecule has 204 valence electrons. The minimum absolute atomic E-state index is 0.000351. The molecule has 0 amide bonds. The van der Waals surface area contributed by atoms with Crippen molar-refractivity contribution < 1.29 is 24.4 Å². The molecule has 1 aliphatic carbocycles. The number of aromatic hydroxyl groups is 2. The number of methoxy groups -OCH3 is 3. The van der Waals surface area contributed by atoms with E-state index in [1.165, 1.54) is 33.5 Å². The molecular weight excluding hydrogens is 516 g/mol. The molecular formula is C29H26N4O7. The van der Waals surface area contributed by atoms with E-state index in [0.717, 1.165) is 5.57 Å². The number of nitrogen functional groups attached to an aromatic ring is 1. The summed E-state index contributed by atoms with van der Waals surface area (Å²) in [7, 11) is 4.24. The van der Waals surface area contributed by atoms with E-state index in [9.17, 15) is 19.8 Å². The van der Waals surface area contributed by atoms with Crippen molar-refractivity contribution in [3.63, 3.8) is 0 Å². The monoisotopic (exact) mass is 542 g/mol. The van der Waals surface area contributed by atoms with Crippen LogP contribution in [0, 0.1) is 0 Å². The third-order valence-electron chi connectivity index (χ3n) is 8.01. The summed E-state index contributed by atoms with van der Waals surface area (Å²) in [5, 5.41) is 29.6. The molecule has 7 N–H and O–H groups in total. The number of phenols is 2. The molecule has 0 heterocycles. The van der Waals surface area contributed by atoms with Crippen LogP contribution in [0.15, 0.2) is 32.4 Å². The second kappa shape index (κ2) is 8.48. The number of rotatable bonds is 5. The largest absolute Gasteiger partial charge is 0.505 e. The molecule has 5 aromatic carbocycles. The summed E-state index contributed by atoms with van der Waals surface area (Å²) in [6.45, 7) is 3.58. The third kappa shape index (κ3) is 2.84. The van der Waals surface area contributed by atoms with Crippen LogP contribution in [-0.4, -0.2) is 37.3 Å². The summed E-state index contributed by atoms with van der Waals surface area (Å²) in [4.78, 5) is 27.1. The van der Waals surface area contributed by atoms with Crippen LogP contribution in [0.3, 0.4) is 0 Å². The highest BCUT2D eigenvalue weighted by Crippen LogP contribution is 2.58. The van der Waals surface area contributed by atoms with Gasteiger partial charge in [-0.15, -0.1) is 0 Å². The van der Waals surface area contributed by atoms with Gasteiger partial charge in [0.25, 0.3) is 0 Å². The van der Waals surface area contributed by atoms with Gasteiger partial charge in [0.05, 0.1) is 37.8 Å². The Balaban J connectivity index is 2.20. The van der Waals surface area contributed by atoms with Crippen LogP contribution in [0.5, 0.6) is 28.7 Å². The number of allylic oxidation sites excluding steroid dienone is 1. The first-order valence-corrected chi connectivity index (χ1v) is 12.3. The Kier molecular flexibility index (Phi) is 5.36. The predicted octanol–water partition coefficient (Wildman–Crippen LogP) is 3.45. The first-order chi connectivity index (χ1) is 19.2. The van der Waals surface area contributed by atoms with E-state index >= 15 is 0 Å². The van der Waals surface area contributed by atoms with Gasteiger partial charge in [0.1, 0.15) is 11.5 Å². The molecule has 0 spiro atoms. The van der Waals surface area contributed by atoms with Crippen LogP contribution in [0.4, 0.5) is 5.69 Å². The highest BCUT2D eigenvalue weighted by atomic mass is 16.5. The van der Waals surface area contributed by atoms with E-state index < -0.39 is 16.8 Å². The van der Waals surface area contributed by atoms with Crippen LogP contribution < -0.4 is 42.2 Å². The van der Waals surface area contributed by atoms with Gasteiger partial charge in [0.15, 0.2) is 28.1 Å². The number of nitrogens with zero attached hydrogens (tertiary/aromatic N) is 1. The third-order valence-corrected chi connectivity index (χ3v) is 8.01. The molecule has 1 aliphatic rings. The van der Waals surface area contributed by atoms with Crippen molar-refractivity contribution in [1.82, 2.24) is 0 Å². The first kappa shape index (κ1) is 25.3. The van der Waals surface area contributed by atoms with E-state index in [4.69, 9.17) is 25.9 Å². The number of hydrogen-bond donors (Lipinski definition) is 5. The lowest BCUT2D eigenvalue weighted by atomic mass is 9.80. The topological polar surface area (TPSA) is 179 Å². The van der Waals surface area contributed by atoms with Crippen molar-refractivity contribution in [2.45, 2.75) is 19.8 Å². The summed E-state index contributed by atoms with van der Waals surface area (Å²) >= 11 is 0. The van der Waals surface area contributed by atoms with Gasteiger partial charge in [-0.2, -0.15) is 5.10 Å². The second-order valence-electron chi connectivity index (χ2n) is 9.82. The summed E-state index contributed by atoms with van der Waals surface area (Å²) in [5.74, 6) is 10.9. The molecule has 0 fully saturated rings. The summed E-state index contributed by atoms with van der Waals surface area (Å²) < 4.78 is 17.1. The van der Waals surface area contributed by atoms with Gasteiger partial charge >= 0.3 is 0 Å². The molecule has 11 nitrogen and oxygen atoms in total. The summed E-state index contributed by atoms with van der Waals surface area (Å²) in [5.41, 5.74) is 3.83. The number of phenolic OH excluding ortho intramolecular Hbond substituents is 2. The Bertz CT molecular complexity index is 2100. The van der Waals surface area contributed by atoms with Crippen LogP contribution in [0.25, 0.3) is 49.2 Å². The number of benzene rings is 5. The Labute approximate surface area is 226 Å². The molecule has 1 unspecified atom stereocenters. The Hall–Kier alpha value is -5.03. The van der Waals surface area contributed by atoms with Crippen LogP contribution in [0.1, 0.15) is 30.9 Å². The van der Waals surface area contributed by atoms with Crippen LogP contribution >= 0.6 is 0 Å². The minimum atomic E-state index is -0.617. The van der Waals surface area contributed by atoms with Gasteiger partial charge in [-0.25, -0.2) is 0 Å². The number of fused-ring (bicyclic) bond motifs is 1. The molecule has 0 bridgehead atoms. The summed E-state index contributed by atoms with van der Waals surface area (Å²) in [6, 6.07) is 2.53. The number of hydrogen-bond acceptors (Lipinski definition) is 11. The molecule has 5 aromatic rings. The number of hydrazone groups is 1. The Morgan fingerprint density at radius 1 is 0.850 bits per heavy atom. The van der Waals surface area contributed by atoms with Gasteiger partial charge in [0.2, 0.25) is 0 Å². The van der Waals surface area contributed by atoms with E-state index in [1.807, 2.05) is 13.0 Å². The zero-order valence-electron chi connectivity index (χ0n) is 22.3. The van der Waals surface area contributed by atoms with Gasteiger partial charge in [0, 0.05) is 61.8 Å². The fourth-order valence-corrected chi connectivity index (χ4v) is 6.50. The standard InChI is InChI=1S/C29H26N4O7/c1-9-6-11-17-22-18(27(36)26(11)33-31)12(34)7-14(38-3)20(22)21-15(39-4)8-13(35)19-24(21)23(17)25(16(9)10(2)32-30)29(40-5)28(19)37/h6-8,16,33,36-37H,30-31H2,1-5H3/b32-10+. The fourth-order valence-electron chi connectivity index (χ4n) is 6.50. The van der Waals surface area contributed by atoms with E-state index in [-0.39, 0.29) is 45.2 Å². The lowest BCUT2D eigenvalue weighted by Crippen LogP contribution is -2.15. The quantitative estimate of drug-likeness (QED) is 0.0551. The van der Waals surface area contributed by atoms with E-state index in [1.54, 1.807) is 6.92 Å². The highest BCUT2D eigenvalue weighted by Gasteiger charge is 2.36. The maximum absolute atomic E-state index is 13.6. The van der Waals surface area contributed by atoms with Crippen LogP contribution in [0.2, 0.25) is 0 Å². The van der Waals surface area contributed by atoms with Gasteiger partial charge in [-0.05, 0) is 19.2 Å². The zero-order chi connectivity index (χ0) is 28.8. The number of hydrazine groups is 1. The molecule has 1 atom stereocenters.